The molecule has 0 bridgehead atoms. The second-order valence-corrected chi connectivity index (χ2v) is 5.22. The van der Waals surface area contributed by atoms with Crippen molar-refractivity contribution in [2.45, 2.75) is 38.5 Å². The summed E-state index contributed by atoms with van der Waals surface area (Å²) in [5.74, 6) is 1.37. The lowest BCUT2D eigenvalue weighted by molar-refractivity contribution is -0.125. The van der Waals surface area contributed by atoms with Crippen molar-refractivity contribution in [2.75, 3.05) is 13.7 Å². The molecule has 0 heterocycles. The highest BCUT2D eigenvalue weighted by Crippen LogP contribution is 2.23. The van der Waals surface area contributed by atoms with Gasteiger partial charge in [-0.2, -0.15) is 0 Å². The van der Waals surface area contributed by atoms with Gasteiger partial charge in [0.05, 0.1) is 7.11 Å². The van der Waals surface area contributed by atoms with Gasteiger partial charge in [-0.3, -0.25) is 4.79 Å². The molecule has 0 spiro atoms. The SMILES string of the molecule is COc1ccc(CCNC(=O)C2CCCCC2)cc1. The average Bonchev–Trinajstić information content (AvgIpc) is 2.49. The first-order chi connectivity index (χ1) is 9.29. The van der Waals surface area contributed by atoms with Crippen molar-refractivity contribution in [1.82, 2.24) is 5.32 Å². The first-order valence-electron chi connectivity index (χ1n) is 7.20. The van der Waals surface area contributed by atoms with Crippen LogP contribution in [-0.2, 0) is 11.2 Å². The van der Waals surface area contributed by atoms with Crippen LogP contribution in [0, 0.1) is 5.92 Å². The van der Waals surface area contributed by atoms with E-state index < -0.39 is 0 Å². The van der Waals surface area contributed by atoms with Crippen molar-refractivity contribution < 1.29 is 9.53 Å². The largest absolute Gasteiger partial charge is 0.497 e. The van der Waals surface area contributed by atoms with Crippen LogP contribution in [0.3, 0.4) is 0 Å². The van der Waals surface area contributed by atoms with E-state index in [-0.39, 0.29) is 11.8 Å². The number of carbonyl (C=O) groups is 1. The van der Waals surface area contributed by atoms with E-state index in [1.165, 1.54) is 24.8 Å². The van der Waals surface area contributed by atoms with Gasteiger partial charge in [0.1, 0.15) is 5.75 Å². The third-order valence-electron chi connectivity index (χ3n) is 3.85. The third-order valence-corrected chi connectivity index (χ3v) is 3.85. The van der Waals surface area contributed by atoms with Gasteiger partial charge in [-0.25, -0.2) is 0 Å². The summed E-state index contributed by atoms with van der Waals surface area (Å²) >= 11 is 0. The van der Waals surface area contributed by atoms with Crippen LogP contribution in [0.1, 0.15) is 37.7 Å². The van der Waals surface area contributed by atoms with Crippen molar-refractivity contribution in [3.63, 3.8) is 0 Å². The van der Waals surface area contributed by atoms with Gasteiger partial charge in [-0.1, -0.05) is 31.4 Å². The smallest absolute Gasteiger partial charge is 0.223 e. The first kappa shape index (κ1) is 13.9. The Morgan fingerprint density at radius 1 is 1.21 bits per heavy atom. The molecule has 104 valence electrons. The quantitative estimate of drug-likeness (QED) is 0.885. The van der Waals surface area contributed by atoms with E-state index >= 15 is 0 Å². The summed E-state index contributed by atoms with van der Waals surface area (Å²) in [7, 11) is 1.67. The lowest BCUT2D eigenvalue weighted by Gasteiger charge is -2.20. The number of carbonyl (C=O) groups excluding carboxylic acids is 1. The molecule has 0 saturated heterocycles. The summed E-state index contributed by atoms with van der Waals surface area (Å²) in [6.45, 7) is 0.724. The minimum atomic E-state index is 0.244. The molecule has 1 aromatic carbocycles. The Morgan fingerprint density at radius 2 is 1.89 bits per heavy atom. The summed E-state index contributed by atoms with van der Waals surface area (Å²) in [6, 6.07) is 8.01. The number of methoxy groups -OCH3 is 1. The normalized spacial score (nSPS) is 16.1. The number of rotatable bonds is 5. The molecule has 3 nitrogen and oxygen atoms in total. The maximum absolute atomic E-state index is 12.0. The molecule has 0 unspecified atom stereocenters. The molecule has 0 radical (unpaired) electrons. The van der Waals surface area contributed by atoms with Crippen LogP contribution >= 0.6 is 0 Å². The van der Waals surface area contributed by atoms with Crippen LogP contribution in [-0.4, -0.2) is 19.6 Å². The Morgan fingerprint density at radius 3 is 2.53 bits per heavy atom. The molecule has 1 N–H and O–H groups in total. The molecule has 1 aromatic rings. The Balaban J connectivity index is 1.71. The summed E-state index contributed by atoms with van der Waals surface area (Å²) in [5, 5.41) is 3.06. The molecular weight excluding hydrogens is 238 g/mol. The zero-order valence-electron chi connectivity index (χ0n) is 11.7. The van der Waals surface area contributed by atoms with Crippen LogP contribution in [0.4, 0.5) is 0 Å². The summed E-state index contributed by atoms with van der Waals surface area (Å²) in [4.78, 5) is 12.0. The Labute approximate surface area is 115 Å². The predicted molar refractivity (Wildman–Crippen MR) is 76.3 cm³/mol. The minimum absolute atomic E-state index is 0.244. The summed E-state index contributed by atoms with van der Waals surface area (Å²) < 4.78 is 5.12. The van der Waals surface area contributed by atoms with Crippen LogP contribution < -0.4 is 10.1 Å². The highest BCUT2D eigenvalue weighted by molar-refractivity contribution is 5.78. The van der Waals surface area contributed by atoms with E-state index in [1.54, 1.807) is 7.11 Å². The van der Waals surface area contributed by atoms with Crippen LogP contribution in [0.5, 0.6) is 5.75 Å². The molecule has 1 amide bonds. The number of ether oxygens (including phenoxy) is 1. The van der Waals surface area contributed by atoms with Gasteiger partial charge in [0.2, 0.25) is 5.91 Å². The molecule has 1 aliphatic rings. The highest BCUT2D eigenvalue weighted by Gasteiger charge is 2.20. The van der Waals surface area contributed by atoms with Crippen molar-refractivity contribution >= 4 is 5.91 Å². The number of benzene rings is 1. The predicted octanol–water partition coefficient (Wildman–Crippen LogP) is 2.93. The van der Waals surface area contributed by atoms with E-state index in [0.717, 1.165) is 31.6 Å². The molecule has 2 rings (SSSR count). The van der Waals surface area contributed by atoms with E-state index in [0.29, 0.717) is 0 Å². The van der Waals surface area contributed by atoms with E-state index in [9.17, 15) is 4.79 Å². The Bertz CT molecular complexity index is 394. The molecule has 0 aliphatic heterocycles. The molecule has 0 atom stereocenters. The van der Waals surface area contributed by atoms with Gasteiger partial charge in [-0.15, -0.1) is 0 Å². The molecule has 1 fully saturated rings. The van der Waals surface area contributed by atoms with Crippen LogP contribution in [0.15, 0.2) is 24.3 Å². The van der Waals surface area contributed by atoms with Crippen molar-refractivity contribution in [3.8, 4) is 5.75 Å². The maximum Gasteiger partial charge on any atom is 0.223 e. The van der Waals surface area contributed by atoms with Gasteiger partial charge in [-0.05, 0) is 37.0 Å². The van der Waals surface area contributed by atoms with E-state index in [2.05, 4.69) is 5.32 Å². The number of hydrogen-bond acceptors (Lipinski definition) is 2. The van der Waals surface area contributed by atoms with Gasteiger partial charge in [0.15, 0.2) is 0 Å². The van der Waals surface area contributed by atoms with E-state index in [4.69, 9.17) is 4.74 Å². The second kappa shape index (κ2) is 7.17. The van der Waals surface area contributed by atoms with Crippen LogP contribution in [0.25, 0.3) is 0 Å². The molecule has 0 aromatic heterocycles. The van der Waals surface area contributed by atoms with E-state index in [1.807, 2.05) is 24.3 Å². The monoisotopic (exact) mass is 261 g/mol. The standard InChI is InChI=1S/C16H23NO2/c1-19-15-9-7-13(8-10-15)11-12-17-16(18)14-5-3-2-4-6-14/h7-10,14H,2-6,11-12H2,1H3,(H,17,18). The summed E-state index contributed by atoms with van der Waals surface area (Å²) in [6.07, 6.45) is 6.70. The zero-order valence-corrected chi connectivity index (χ0v) is 11.7. The molecular formula is C16H23NO2. The minimum Gasteiger partial charge on any atom is -0.497 e. The highest BCUT2D eigenvalue weighted by atomic mass is 16.5. The zero-order chi connectivity index (χ0) is 13.5. The number of amides is 1. The Hall–Kier alpha value is -1.51. The lowest BCUT2D eigenvalue weighted by atomic mass is 9.88. The first-order valence-corrected chi connectivity index (χ1v) is 7.20. The van der Waals surface area contributed by atoms with Crippen molar-refractivity contribution in [2.24, 2.45) is 5.92 Å². The second-order valence-electron chi connectivity index (χ2n) is 5.22. The van der Waals surface area contributed by atoms with Crippen molar-refractivity contribution in [1.29, 1.82) is 0 Å². The number of nitrogens with one attached hydrogen (secondary N) is 1. The van der Waals surface area contributed by atoms with Gasteiger partial charge in [0, 0.05) is 12.5 Å². The van der Waals surface area contributed by atoms with Gasteiger partial charge < -0.3 is 10.1 Å². The average molecular weight is 261 g/mol. The summed E-state index contributed by atoms with van der Waals surface area (Å²) in [5.41, 5.74) is 1.23. The number of hydrogen-bond donors (Lipinski definition) is 1. The Kier molecular flexibility index (Phi) is 5.25. The van der Waals surface area contributed by atoms with Gasteiger partial charge in [0.25, 0.3) is 0 Å². The van der Waals surface area contributed by atoms with Crippen LogP contribution in [0.2, 0.25) is 0 Å². The lowest BCUT2D eigenvalue weighted by Crippen LogP contribution is -2.33. The van der Waals surface area contributed by atoms with Crippen molar-refractivity contribution in [3.05, 3.63) is 29.8 Å². The fourth-order valence-corrected chi connectivity index (χ4v) is 2.63. The molecule has 19 heavy (non-hydrogen) atoms. The molecule has 1 aliphatic carbocycles. The molecule has 3 heteroatoms. The van der Waals surface area contributed by atoms with Gasteiger partial charge >= 0.3 is 0 Å². The molecule has 1 saturated carbocycles. The fraction of sp³-hybridized carbons (Fsp3) is 0.562. The third kappa shape index (κ3) is 4.27. The topological polar surface area (TPSA) is 38.3 Å². The maximum atomic E-state index is 12.0. The fourth-order valence-electron chi connectivity index (χ4n) is 2.63.